The summed E-state index contributed by atoms with van der Waals surface area (Å²) in [6.45, 7) is 2.37. The molecular weight excluding hydrogens is 420 g/mol. The van der Waals surface area contributed by atoms with Crippen LogP contribution in [0.2, 0.25) is 0 Å². The average Bonchev–Trinajstić information content (AvgIpc) is 3.20. The van der Waals surface area contributed by atoms with E-state index in [1.165, 1.54) is 4.90 Å². The van der Waals surface area contributed by atoms with Crippen LogP contribution in [0.5, 0.6) is 0 Å². The summed E-state index contributed by atoms with van der Waals surface area (Å²) in [5.41, 5.74) is 3.21. The van der Waals surface area contributed by atoms with E-state index < -0.39 is 11.9 Å². The molecule has 1 atom stereocenters. The number of H-pyrrole nitrogens is 1. The van der Waals surface area contributed by atoms with E-state index in [1.54, 1.807) is 45.1 Å². The Morgan fingerprint density at radius 2 is 1.73 bits per heavy atom. The first kappa shape index (κ1) is 24.0. The highest BCUT2D eigenvalue weighted by Crippen LogP contribution is 2.18. The molecule has 3 rings (SSSR count). The Morgan fingerprint density at radius 3 is 2.36 bits per heavy atom. The van der Waals surface area contributed by atoms with Crippen molar-refractivity contribution < 1.29 is 19.1 Å². The van der Waals surface area contributed by atoms with Crippen LogP contribution in [0.1, 0.15) is 35.1 Å². The van der Waals surface area contributed by atoms with Gasteiger partial charge in [-0.1, -0.05) is 24.3 Å². The number of nitrogens with zero attached hydrogens (tertiary/aromatic N) is 3. The Labute approximate surface area is 193 Å². The lowest BCUT2D eigenvalue weighted by molar-refractivity contribution is -0.148. The Kier molecular flexibility index (Phi) is 7.82. The second kappa shape index (κ2) is 10.8. The Balaban J connectivity index is 1.66. The van der Waals surface area contributed by atoms with Crippen LogP contribution in [0.3, 0.4) is 0 Å². The molecule has 2 amide bonds. The third kappa shape index (κ3) is 6.19. The average molecular weight is 451 g/mol. The van der Waals surface area contributed by atoms with Crippen LogP contribution >= 0.6 is 0 Å². The highest BCUT2D eigenvalue weighted by Gasteiger charge is 2.25. The first-order valence-corrected chi connectivity index (χ1v) is 10.9. The molecule has 3 aromatic rings. The summed E-state index contributed by atoms with van der Waals surface area (Å²) in [7, 11) is 5.06. The van der Waals surface area contributed by atoms with Crippen molar-refractivity contribution >= 4 is 28.8 Å². The van der Waals surface area contributed by atoms with Gasteiger partial charge in [-0.25, -0.2) is 4.98 Å². The minimum atomic E-state index is -0.517. The number of aromatic nitrogens is 2. The number of para-hydroxylation sites is 2. The van der Waals surface area contributed by atoms with Crippen molar-refractivity contribution in [3.8, 4) is 0 Å². The molecule has 33 heavy (non-hydrogen) atoms. The highest BCUT2D eigenvalue weighted by molar-refractivity contribution is 5.94. The number of nitrogens with one attached hydrogen (secondary N) is 1. The largest absolute Gasteiger partial charge is 0.466 e. The van der Waals surface area contributed by atoms with Gasteiger partial charge in [-0.15, -0.1) is 0 Å². The molecule has 1 aromatic heterocycles. The van der Waals surface area contributed by atoms with Crippen molar-refractivity contribution in [1.29, 1.82) is 0 Å². The van der Waals surface area contributed by atoms with Gasteiger partial charge in [-0.3, -0.25) is 14.4 Å². The van der Waals surface area contributed by atoms with Gasteiger partial charge in [0.15, 0.2) is 0 Å². The maximum absolute atomic E-state index is 12.9. The number of benzene rings is 2. The van der Waals surface area contributed by atoms with Gasteiger partial charge in [-0.05, 0) is 43.2 Å². The van der Waals surface area contributed by atoms with Gasteiger partial charge in [0.2, 0.25) is 5.91 Å². The SMILES string of the molecule is CCOC(=O)CC(Cc1ccc(C(=O)N(C)Cc2nc3ccccc3[nH]2)cc1)C(=O)N(C)C. The highest BCUT2D eigenvalue weighted by atomic mass is 16.5. The second-order valence-electron chi connectivity index (χ2n) is 8.20. The van der Waals surface area contributed by atoms with E-state index in [0.717, 1.165) is 16.6 Å². The molecule has 174 valence electrons. The molecule has 2 aromatic carbocycles. The van der Waals surface area contributed by atoms with E-state index in [1.807, 2.05) is 36.4 Å². The number of rotatable bonds is 9. The van der Waals surface area contributed by atoms with Crippen LogP contribution < -0.4 is 0 Å². The minimum Gasteiger partial charge on any atom is -0.466 e. The van der Waals surface area contributed by atoms with Gasteiger partial charge in [0.25, 0.3) is 5.91 Å². The predicted octanol–water partition coefficient (Wildman–Crippen LogP) is 3.04. The lowest BCUT2D eigenvalue weighted by Crippen LogP contribution is -2.32. The molecule has 0 saturated carbocycles. The van der Waals surface area contributed by atoms with Crippen LogP contribution in [0.25, 0.3) is 11.0 Å². The van der Waals surface area contributed by atoms with E-state index >= 15 is 0 Å². The smallest absolute Gasteiger partial charge is 0.306 e. The van der Waals surface area contributed by atoms with Crippen LogP contribution in [-0.4, -0.2) is 65.3 Å². The van der Waals surface area contributed by atoms with Gasteiger partial charge in [0, 0.05) is 26.7 Å². The standard InChI is InChI=1S/C25H30N4O4/c1-5-33-23(30)15-19(24(31)28(2)3)14-17-10-12-18(13-11-17)25(32)29(4)16-22-26-20-8-6-7-9-21(20)27-22/h6-13,19H,5,14-16H2,1-4H3,(H,26,27). The van der Waals surface area contributed by atoms with Crippen molar-refractivity contribution in [1.82, 2.24) is 19.8 Å². The number of hydrogen-bond acceptors (Lipinski definition) is 5. The molecule has 0 aliphatic heterocycles. The molecule has 0 aliphatic rings. The number of ether oxygens (including phenoxy) is 1. The molecule has 0 spiro atoms. The summed E-state index contributed by atoms with van der Waals surface area (Å²) in [4.78, 5) is 48.2. The molecule has 8 heteroatoms. The van der Waals surface area contributed by atoms with Gasteiger partial charge in [-0.2, -0.15) is 0 Å². The van der Waals surface area contributed by atoms with Crippen LogP contribution in [-0.2, 0) is 27.3 Å². The molecule has 1 unspecified atom stereocenters. The number of carbonyl (C=O) groups is 3. The maximum atomic E-state index is 12.9. The van der Waals surface area contributed by atoms with Gasteiger partial charge in [0.05, 0.1) is 36.5 Å². The number of amides is 2. The Hall–Kier alpha value is -3.68. The summed E-state index contributed by atoms with van der Waals surface area (Å²) in [5, 5.41) is 0. The number of carbonyl (C=O) groups excluding carboxylic acids is 3. The van der Waals surface area contributed by atoms with Crippen molar-refractivity contribution in [2.45, 2.75) is 26.3 Å². The first-order valence-electron chi connectivity index (χ1n) is 10.9. The number of esters is 1. The Morgan fingerprint density at radius 1 is 1.03 bits per heavy atom. The van der Waals surface area contributed by atoms with E-state index in [9.17, 15) is 14.4 Å². The molecule has 0 saturated heterocycles. The van der Waals surface area contributed by atoms with Crippen LogP contribution in [0.4, 0.5) is 0 Å². The molecular formula is C25H30N4O4. The Bertz CT molecular complexity index is 1090. The zero-order valence-electron chi connectivity index (χ0n) is 19.5. The summed E-state index contributed by atoms with van der Waals surface area (Å²) in [6, 6.07) is 14.9. The summed E-state index contributed by atoms with van der Waals surface area (Å²) >= 11 is 0. The number of fused-ring (bicyclic) bond motifs is 1. The summed E-state index contributed by atoms with van der Waals surface area (Å²) in [6.07, 6.45) is 0.408. The lowest BCUT2D eigenvalue weighted by atomic mass is 9.94. The molecule has 1 heterocycles. The quantitative estimate of drug-likeness (QED) is 0.506. The predicted molar refractivity (Wildman–Crippen MR) is 125 cm³/mol. The van der Waals surface area contributed by atoms with Crippen molar-refractivity contribution in [3.63, 3.8) is 0 Å². The molecule has 1 N–H and O–H groups in total. The first-order chi connectivity index (χ1) is 15.8. The maximum Gasteiger partial charge on any atom is 0.306 e. The molecule has 0 fully saturated rings. The van der Waals surface area contributed by atoms with E-state index in [-0.39, 0.29) is 24.8 Å². The zero-order chi connectivity index (χ0) is 24.0. The number of hydrogen-bond donors (Lipinski definition) is 1. The lowest BCUT2D eigenvalue weighted by Gasteiger charge is -2.20. The molecule has 8 nitrogen and oxygen atoms in total. The van der Waals surface area contributed by atoms with E-state index in [0.29, 0.717) is 24.4 Å². The van der Waals surface area contributed by atoms with E-state index in [2.05, 4.69) is 9.97 Å². The van der Waals surface area contributed by atoms with Gasteiger partial charge in [0.1, 0.15) is 5.82 Å². The topological polar surface area (TPSA) is 95.6 Å². The van der Waals surface area contributed by atoms with Crippen molar-refractivity contribution in [2.75, 3.05) is 27.7 Å². The third-order valence-electron chi connectivity index (χ3n) is 5.36. The number of imidazole rings is 1. The van der Waals surface area contributed by atoms with Crippen LogP contribution in [0, 0.1) is 5.92 Å². The normalized spacial score (nSPS) is 11.8. The molecule has 0 bridgehead atoms. The van der Waals surface area contributed by atoms with Gasteiger partial charge < -0.3 is 19.5 Å². The fraction of sp³-hybridized carbons (Fsp3) is 0.360. The van der Waals surface area contributed by atoms with E-state index in [4.69, 9.17) is 4.74 Å². The minimum absolute atomic E-state index is 0.0196. The second-order valence-corrected chi connectivity index (χ2v) is 8.20. The van der Waals surface area contributed by atoms with Crippen molar-refractivity contribution in [3.05, 3.63) is 65.5 Å². The van der Waals surface area contributed by atoms with Crippen LogP contribution in [0.15, 0.2) is 48.5 Å². The summed E-state index contributed by atoms with van der Waals surface area (Å²) in [5.74, 6) is -0.455. The van der Waals surface area contributed by atoms with Crippen molar-refractivity contribution in [2.24, 2.45) is 5.92 Å². The zero-order valence-corrected chi connectivity index (χ0v) is 19.5. The molecule has 0 radical (unpaired) electrons. The fourth-order valence-corrected chi connectivity index (χ4v) is 3.70. The summed E-state index contributed by atoms with van der Waals surface area (Å²) < 4.78 is 5.02. The monoisotopic (exact) mass is 450 g/mol. The third-order valence-corrected chi connectivity index (χ3v) is 5.36. The number of aromatic amines is 1. The van der Waals surface area contributed by atoms with Gasteiger partial charge >= 0.3 is 5.97 Å². The fourth-order valence-electron chi connectivity index (χ4n) is 3.70. The molecule has 0 aliphatic carbocycles.